The van der Waals surface area contributed by atoms with Gasteiger partial charge in [0.25, 0.3) is 0 Å². The molecule has 0 saturated heterocycles. The fourth-order valence-corrected chi connectivity index (χ4v) is 8.81. The maximum atomic E-state index is 10.6. The first-order valence-corrected chi connectivity index (χ1v) is 21.5. The summed E-state index contributed by atoms with van der Waals surface area (Å²) in [6.07, 6.45) is 24.4. The normalized spacial score (nSPS) is 11.8. The summed E-state index contributed by atoms with van der Waals surface area (Å²) < 4.78 is 3.25. The molecule has 39 heavy (non-hydrogen) atoms. The van der Waals surface area contributed by atoms with E-state index in [2.05, 4.69) is 53.0 Å². The summed E-state index contributed by atoms with van der Waals surface area (Å²) in [5, 5.41) is 21.2. The quantitative estimate of drug-likeness (QED) is 0.0547. The average molecular weight is 696 g/mol. The van der Waals surface area contributed by atoms with Crippen molar-refractivity contribution < 1.29 is 19.8 Å². The van der Waals surface area contributed by atoms with Crippen molar-refractivity contribution >= 4 is 58.3 Å². The van der Waals surface area contributed by atoms with Crippen molar-refractivity contribution in [1.29, 1.82) is 0 Å². The molecule has 0 N–H and O–H groups in total. The minimum absolute atomic E-state index is 0.149. The van der Waals surface area contributed by atoms with Crippen LogP contribution in [-0.4, -0.2) is 44.6 Å². The van der Waals surface area contributed by atoms with Gasteiger partial charge in [0.05, 0.1) is 0 Å². The molecule has 0 spiro atoms. The Morgan fingerprint density at radius 1 is 0.513 bits per heavy atom. The van der Waals surface area contributed by atoms with Gasteiger partial charge in [-0.05, 0) is 24.3 Å². The number of carboxylic acids is 2. The number of carbonyl (C=O) groups is 2. The van der Waals surface area contributed by atoms with E-state index < -0.39 is 11.9 Å². The van der Waals surface area contributed by atoms with Gasteiger partial charge in [-0.25, -0.2) is 0 Å². The topological polar surface area (TPSA) is 80.3 Å². The zero-order valence-corrected chi connectivity index (χ0v) is 30.8. The molecule has 0 fully saturated rings. The van der Waals surface area contributed by atoms with E-state index >= 15 is 0 Å². The van der Waals surface area contributed by atoms with Crippen LogP contribution < -0.4 is 10.2 Å². The zero-order chi connectivity index (χ0) is 30.0. The first kappa shape index (κ1) is 43.9. The van der Waals surface area contributed by atoms with Gasteiger partial charge in [-0.15, -0.1) is 0 Å². The van der Waals surface area contributed by atoms with Crippen molar-refractivity contribution in [2.75, 3.05) is 11.5 Å². The molecular weight excluding hydrogens is 631 g/mol. The van der Waals surface area contributed by atoms with Crippen LogP contribution in [0.1, 0.15) is 156 Å². The predicted octanol–water partition coefficient (Wildman–Crippen LogP) is 7.97. The molecule has 0 aromatic rings. The van der Waals surface area contributed by atoms with E-state index in [1.165, 1.54) is 89.9 Å². The van der Waals surface area contributed by atoms with Crippen LogP contribution in [-0.2, 0) is 9.59 Å². The molecule has 0 bridgehead atoms. The van der Waals surface area contributed by atoms with Crippen LogP contribution in [0.3, 0.4) is 0 Å². The van der Waals surface area contributed by atoms with Crippen molar-refractivity contribution in [2.24, 2.45) is 11.8 Å². The minimum atomic E-state index is -0.948. The molecule has 0 heterocycles. The number of carboxylic acid groups (broad SMARTS) is 2. The molecule has 232 valence electrons. The van der Waals surface area contributed by atoms with Crippen molar-refractivity contribution in [1.82, 2.24) is 0 Å². The number of hydrogen-bond acceptors (Lipinski definition) is 6. The molecule has 0 aromatic carbocycles. The number of thiol groups is 2. The van der Waals surface area contributed by atoms with E-state index in [1.807, 2.05) is 0 Å². The average Bonchev–Trinajstić information content (AvgIpc) is 2.92. The molecule has 2 atom stereocenters. The molecule has 7 heteroatoms. The van der Waals surface area contributed by atoms with Crippen LogP contribution in [0.4, 0.5) is 0 Å². The number of rotatable bonds is 26. The van der Waals surface area contributed by atoms with Crippen molar-refractivity contribution in [3.05, 3.63) is 0 Å². The zero-order valence-electron chi connectivity index (χ0n) is 26.2. The van der Waals surface area contributed by atoms with Gasteiger partial charge >= 0.3 is 69.5 Å². The van der Waals surface area contributed by atoms with Gasteiger partial charge in [0.15, 0.2) is 0 Å². The second-order valence-electron chi connectivity index (χ2n) is 10.7. The van der Waals surface area contributed by atoms with Gasteiger partial charge in [0, 0.05) is 23.8 Å². The number of carbonyl (C=O) groups excluding carboxylic acids is 2. The SMILES string of the molecule is CCCCCCCCCC(CS)C(=O)[O-].CCCCCCCCCC(CS)C(=O)[O-].CCC[CH2][Sn+2][CH2]CCC. The summed E-state index contributed by atoms with van der Waals surface area (Å²) >= 11 is 8.16. The summed E-state index contributed by atoms with van der Waals surface area (Å²) in [6.45, 7) is 8.99. The van der Waals surface area contributed by atoms with Crippen molar-refractivity contribution in [2.45, 2.75) is 165 Å². The molecule has 0 aromatic heterocycles. The van der Waals surface area contributed by atoms with E-state index in [9.17, 15) is 19.8 Å². The molecule has 2 unspecified atom stereocenters. The van der Waals surface area contributed by atoms with Crippen LogP contribution in [0.5, 0.6) is 0 Å². The molecular formula is C32H64O4S2Sn. The Balaban J connectivity index is -0.000000516. The second-order valence-corrected chi connectivity index (χ2v) is 15.7. The standard InChI is InChI=1S/2C12H24O2S.2C4H9.Sn/c2*1-2-3-4-5-6-7-8-9-11(10-15)12(13)14;2*1-3-4-2;/h2*11,15H,2-10H2,1H3,(H,13,14);2*1,3-4H2,2H3;/q;;;;+2/p-2. The van der Waals surface area contributed by atoms with E-state index in [1.54, 1.807) is 8.87 Å². The molecule has 0 aliphatic carbocycles. The van der Waals surface area contributed by atoms with E-state index in [0.717, 1.165) is 38.5 Å². The summed E-state index contributed by atoms with van der Waals surface area (Å²) in [5.74, 6) is -1.81. The number of unbranched alkanes of at least 4 members (excludes halogenated alkanes) is 14. The summed E-state index contributed by atoms with van der Waals surface area (Å²) in [7, 11) is 0. The molecule has 0 radical (unpaired) electrons. The van der Waals surface area contributed by atoms with Gasteiger partial charge in [-0.3, -0.25) is 0 Å². The van der Waals surface area contributed by atoms with Gasteiger partial charge in [-0.1, -0.05) is 104 Å². The van der Waals surface area contributed by atoms with E-state index in [0.29, 0.717) is 11.5 Å². The number of hydrogen-bond donors (Lipinski definition) is 2. The Morgan fingerprint density at radius 3 is 1.05 bits per heavy atom. The van der Waals surface area contributed by atoms with Gasteiger partial charge in [-0.2, -0.15) is 25.3 Å². The Labute approximate surface area is 265 Å². The monoisotopic (exact) mass is 696 g/mol. The van der Waals surface area contributed by atoms with Crippen molar-refractivity contribution in [3.8, 4) is 0 Å². The van der Waals surface area contributed by atoms with Crippen LogP contribution in [0.25, 0.3) is 0 Å². The van der Waals surface area contributed by atoms with Crippen LogP contribution >= 0.6 is 25.3 Å². The molecule has 0 aliphatic heterocycles. The Kier molecular flexibility index (Phi) is 43.3. The Hall–Kier alpha value is 0.439. The third-order valence-electron chi connectivity index (χ3n) is 6.83. The molecule has 0 saturated carbocycles. The number of aliphatic carboxylic acids is 2. The summed E-state index contributed by atoms with van der Waals surface area (Å²) in [5.41, 5.74) is 0. The fourth-order valence-electron chi connectivity index (χ4n) is 3.99. The molecule has 4 nitrogen and oxygen atoms in total. The summed E-state index contributed by atoms with van der Waals surface area (Å²) in [6, 6.07) is 0. The van der Waals surface area contributed by atoms with Crippen LogP contribution in [0.2, 0.25) is 8.87 Å². The molecule has 0 amide bonds. The molecule has 0 rings (SSSR count). The Morgan fingerprint density at radius 2 is 0.795 bits per heavy atom. The van der Waals surface area contributed by atoms with Gasteiger partial charge < -0.3 is 19.8 Å². The van der Waals surface area contributed by atoms with E-state index in [4.69, 9.17) is 0 Å². The predicted molar refractivity (Wildman–Crippen MR) is 175 cm³/mol. The third-order valence-corrected chi connectivity index (χ3v) is 11.8. The first-order chi connectivity index (χ1) is 18.9. The maximum absolute atomic E-state index is 10.6. The van der Waals surface area contributed by atoms with Gasteiger partial charge in [0.2, 0.25) is 0 Å². The van der Waals surface area contributed by atoms with E-state index in [-0.39, 0.29) is 33.0 Å². The second kappa shape index (κ2) is 38.4. The first-order valence-electron chi connectivity index (χ1n) is 16.2. The van der Waals surface area contributed by atoms with Crippen LogP contribution in [0, 0.1) is 11.8 Å². The van der Waals surface area contributed by atoms with Crippen molar-refractivity contribution in [3.63, 3.8) is 0 Å². The Bertz CT molecular complexity index is 453. The third kappa shape index (κ3) is 38.4. The van der Waals surface area contributed by atoms with Gasteiger partial charge in [0.1, 0.15) is 0 Å². The summed E-state index contributed by atoms with van der Waals surface area (Å²) in [4.78, 5) is 21.2. The molecule has 0 aliphatic rings. The van der Waals surface area contributed by atoms with Crippen LogP contribution in [0.15, 0.2) is 0 Å². The fraction of sp³-hybridized carbons (Fsp3) is 0.938.